The third-order valence-corrected chi connectivity index (χ3v) is 6.44. The van der Waals surface area contributed by atoms with Gasteiger partial charge in [-0.15, -0.1) is 0 Å². The number of alkyl carbamates (subject to hydrolysis) is 1. The van der Waals surface area contributed by atoms with Crippen LogP contribution in [0.2, 0.25) is 0 Å². The Balaban J connectivity index is 1.46. The lowest BCUT2D eigenvalue weighted by molar-refractivity contribution is -0.122. The largest absolute Gasteiger partial charge is 0.498 e. The molecule has 1 aromatic heterocycles. The minimum absolute atomic E-state index is 0.243. The lowest BCUT2D eigenvalue weighted by Gasteiger charge is -2.32. The second-order valence-electron chi connectivity index (χ2n) is 11.1. The number of amides is 2. The predicted molar refractivity (Wildman–Crippen MR) is 130 cm³/mol. The normalized spacial score (nSPS) is 22.4. The molecule has 0 aromatic carbocycles. The summed E-state index contributed by atoms with van der Waals surface area (Å²) in [6.45, 7) is 17.1. The Hall–Kier alpha value is -2.40. The molecular weight excluding hydrogens is 437 g/mol. The average molecular weight is 475 g/mol. The maximum absolute atomic E-state index is 12.4. The fourth-order valence-corrected chi connectivity index (χ4v) is 3.72. The summed E-state index contributed by atoms with van der Waals surface area (Å²) in [7, 11) is -0.489. The molecule has 0 unspecified atom stereocenters. The summed E-state index contributed by atoms with van der Waals surface area (Å²) in [5.41, 5.74) is -0.652. The number of carbonyl (C=O) groups is 2. The fourth-order valence-electron chi connectivity index (χ4n) is 3.72. The number of anilines is 1. The Kier molecular flexibility index (Phi) is 7.47. The molecule has 0 bridgehead atoms. The molecule has 1 aromatic rings. The van der Waals surface area contributed by atoms with E-state index in [1.165, 1.54) is 0 Å². The summed E-state index contributed by atoms with van der Waals surface area (Å²) in [5, 5.41) is 5.48. The summed E-state index contributed by atoms with van der Waals surface area (Å²) in [5.74, 6) is 0.672. The van der Waals surface area contributed by atoms with Gasteiger partial charge in [0.1, 0.15) is 11.6 Å². The third kappa shape index (κ3) is 6.38. The van der Waals surface area contributed by atoms with Gasteiger partial charge >= 0.3 is 13.2 Å². The van der Waals surface area contributed by atoms with Crippen molar-refractivity contribution in [2.24, 2.45) is 5.92 Å². The first-order valence-corrected chi connectivity index (χ1v) is 11.9. The van der Waals surface area contributed by atoms with Crippen LogP contribution in [0.3, 0.4) is 0 Å². The molecule has 0 aliphatic carbocycles. The zero-order valence-corrected chi connectivity index (χ0v) is 21.6. The summed E-state index contributed by atoms with van der Waals surface area (Å²) >= 11 is 0. The number of hydrogen-bond donors (Lipinski definition) is 2. The summed E-state index contributed by atoms with van der Waals surface area (Å²) in [4.78, 5) is 35.4. The second kappa shape index (κ2) is 9.69. The number of ether oxygens (including phenoxy) is 1. The van der Waals surface area contributed by atoms with Gasteiger partial charge in [-0.25, -0.2) is 14.8 Å². The van der Waals surface area contributed by atoms with Crippen molar-refractivity contribution in [1.82, 2.24) is 20.6 Å². The molecule has 0 radical (unpaired) electrons. The predicted octanol–water partition coefficient (Wildman–Crippen LogP) is 1.63. The van der Waals surface area contributed by atoms with Gasteiger partial charge in [0.2, 0.25) is 11.9 Å². The maximum Gasteiger partial charge on any atom is 0.498 e. The van der Waals surface area contributed by atoms with E-state index in [1.807, 2.05) is 27.7 Å². The molecule has 3 rings (SSSR count). The molecule has 10 nitrogen and oxygen atoms in total. The van der Waals surface area contributed by atoms with Crippen LogP contribution in [0.4, 0.5) is 10.7 Å². The average Bonchev–Trinajstić information content (AvgIpc) is 3.26. The highest BCUT2D eigenvalue weighted by Crippen LogP contribution is 2.36. The van der Waals surface area contributed by atoms with E-state index in [0.29, 0.717) is 12.5 Å². The highest BCUT2D eigenvalue weighted by molar-refractivity contribution is 6.61. The topological polar surface area (TPSA) is 115 Å². The molecule has 2 aliphatic heterocycles. The van der Waals surface area contributed by atoms with Crippen LogP contribution in [-0.2, 0) is 18.8 Å². The van der Waals surface area contributed by atoms with Crippen LogP contribution in [0.1, 0.15) is 61.8 Å². The van der Waals surface area contributed by atoms with Gasteiger partial charge in [0.25, 0.3) is 0 Å². The molecule has 2 aliphatic rings. The molecular formula is C23H38BN5O5. The van der Waals surface area contributed by atoms with Crippen molar-refractivity contribution in [3.05, 3.63) is 12.4 Å². The first-order chi connectivity index (χ1) is 15.7. The van der Waals surface area contributed by atoms with E-state index >= 15 is 0 Å². The monoisotopic (exact) mass is 475 g/mol. The lowest BCUT2D eigenvalue weighted by Crippen LogP contribution is -2.47. The number of aromatic nitrogens is 2. The number of hydrogen-bond acceptors (Lipinski definition) is 8. The van der Waals surface area contributed by atoms with E-state index < -0.39 is 36.1 Å². The molecule has 2 saturated heterocycles. The molecule has 11 heteroatoms. The highest BCUT2D eigenvalue weighted by atomic mass is 16.7. The Morgan fingerprint density at radius 3 is 2.35 bits per heavy atom. The van der Waals surface area contributed by atoms with Crippen LogP contribution in [0, 0.1) is 5.92 Å². The van der Waals surface area contributed by atoms with Crippen molar-refractivity contribution in [3.8, 4) is 0 Å². The number of nitrogens with one attached hydrogen (secondary N) is 2. The van der Waals surface area contributed by atoms with Gasteiger partial charge in [0, 0.05) is 37.5 Å². The molecule has 3 heterocycles. The lowest BCUT2D eigenvalue weighted by atomic mass is 9.81. The zero-order chi connectivity index (χ0) is 25.3. The van der Waals surface area contributed by atoms with E-state index in [9.17, 15) is 9.59 Å². The van der Waals surface area contributed by atoms with Crippen LogP contribution in [-0.4, -0.2) is 71.6 Å². The summed E-state index contributed by atoms with van der Waals surface area (Å²) in [6, 6.07) is -0.682. The molecule has 0 spiro atoms. The Bertz CT molecular complexity index is 871. The second-order valence-corrected chi connectivity index (χ2v) is 11.1. The Labute approximate surface area is 202 Å². The van der Waals surface area contributed by atoms with Crippen molar-refractivity contribution in [1.29, 1.82) is 0 Å². The minimum Gasteiger partial charge on any atom is -0.444 e. The Morgan fingerprint density at radius 1 is 1.21 bits per heavy atom. The van der Waals surface area contributed by atoms with Crippen LogP contribution in [0.5, 0.6) is 0 Å². The van der Waals surface area contributed by atoms with Crippen molar-refractivity contribution < 1.29 is 23.6 Å². The molecule has 0 saturated carbocycles. The van der Waals surface area contributed by atoms with Crippen molar-refractivity contribution in [2.75, 3.05) is 24.5 Å². The molecule has 2 atom stereocenters. The van der Waals surface area contributed by atoms with Gasteiger partial charge < -0.3 is 29.6 Å². The first-order valence-electron chi connectivity index (χ1n) is 11.9. The van der Waals surface area contributed by atoms with Gasteiger partial charge in [0.15, 0.2) is 0 Å². The summed E-state index contributed by atoms with van der Waals surface area (Å²) in [6.07, 6.45) is 3.81. The van der Waals surface area contributed by atoms with Crippen molar-refractivity contribution >= 4 is 30.5 Å². The summed E-state index contributed by atoms with van der Waals surface area (Å²) < 4.78 is 17.3. The Morgan fingerprint density at radius 2 is 1.79 bits per heavy atom. The van der Waals surface area contributed by atoms with E-state index in [2.05, 4.69) is 25.5 Å². The van der Waals surface area contributed by atoms with Gasteiger partial charge in [-0.3, -0.25) is 4.79 Å². The van der Waals surface area contributed by atoms with Gasteiger partial charge in [-0.2, -0.15) is 0 Å². The SMILES string of the molecule is C[C@@H](NC(=O)OC(C)(C)C)C(=O)NC[C@H]1CCN(c2ncc(B3OC(C)(C)C(C)(C)O3)cn2)C1. The minimum atomic E-state index is -0.682. The number of nitrogens with zero attached hydrogens (tertiary/aromatic N) is 3. The molecule has 34 heavy (non-hydrogen) atoms. The van der Waals surface area contributed by atoms with Gasteiger partial charge in [0.05, 0.1) is 11.2 Å². The highest BCUT2D eigenvalue weighted by Gasteiger charge is 2.52. The standard InChI is InChI=1S/C23H38BN5O5/c1-15(28-20(31)32-21(2,3)4)18(30)25-11-16-9-10-29(14-16)19-26-12-17(13-27-19)24-33-22(5,6)23(7,8)34-24/h12-13,15-16H,9-11,14H2,1-8H3,(H,25,30)(H,28,31)/t15-,16-/m1/s1. The van der Waals surface area contributed by atoms with E-state index in [4.69, 9.17) is 14.0 Å². The van der Waals surface area contributed by atoms with Crippen LogP contribution in [0.25, 0.3) is 0 Å². The van der Waals surface area contributed by atoms with E-state index in [0.717, 1.165) is 25.0 Å². The smallest absolute Gasteiger partial charge is 0.444 e. The van der Waals surface area contributed by atoms with Crippen LogP contribution >= 0.6 is 0 Å². The molecule has 2 amide bonds. The van der Waals surface area contributed by atoms with Gasteiger partial charge in [-0.1, -0.05) is 0 Å². The number of carbonyl (C=O) groups excluding carboxylic acids is 2. The third-order valence-electron chi connectivity index (χ3n) is 6.44. The zero-order valence-electron chi connectivity index (χ0n) is 21.6. The number of rotatable bonds is 6. The maximum atomic E-state index is 12.4. The van der Waals surface area contributed by atoms with Gasteiger partial charge in [-0.05, 0) is 67.7 Å². The molecule has 2 fully saturated rings. The molecule has 188 valence electrons. The molecule has 2 N–H and O–H groups in total. The quantitative estimate of drug-likeness (QED) is 0.597. The van der Waals surface area contributed by atoms with Crippen LogP contribution < -0.4 is 21.0 Å². The fraction of sp³-hybridized carbons (Fsp3) is 0.739. The van der Waals surface area contributed by atoms with E-state index in [-0.39, 0.29) is 11.8 Å². The van der Waals surface area contributed by atoms with Crippen molar-refractivity contribution in [3.63, 3.8) is 0 Å². The van der Waals surface area contributed by atoms with Crippen LogP contribution in [0.15, 0.2) is 12.4 Å². The van der Waals surface area contributed by atoms with E-state index in [1.54, 1.807) is 40.1 Å². The van der Waals surface area contributed by atoms with Crippen molar-refractivity contribution in [2.45, 2.75) is 84.7 Å². The first kappa shape index (κ1) is 26.2.